The van der Waals surface area contributed by atoms with Gasteiger partial charge in [0.1, 0.15) is 5.82 Å². The van der Waals surface area contributed by atoms with Crippen molar-refractivity contribution >= 4 is 29.0 Å². The fourth-order valence-corrected chi connectivity index (χ4v) is 3.43. The number of nitrogens with one attached hydrogen (secondary N) is 2. The molecule has 1 amide bonds. The number of halogens is 3. The normalized spacial score (nSPS) is 14.1. The van der Waals surface area contributed by atoms with Crippen LogP contribution in [0.5, 0.6) is 0 Å². The summed E-state index contributed by atoms with van der Waals surface area (Å²) in [4.78, 5) is 23.5. The maximum Gasteiger partial charge on any atom is 0.417 e. The van der Waals surface area contributed by atoms with Crippen molar-refractivity contribution in [3.63, 3.8) is 0 Å². The van der Waals surface area contributed by atoms with Crippen molar-refractivity contribution in [2.75, 3.05) is 41.8 Å². The lowest BCUT2D eigenvalue weighted by Gasteiger charge is -2.27. The molecule has 0 bridgehead atoms. The first-order valence-corrected chi connectivity index (χ1v) is 10.3. The van der Waals surface area contributed by atoms with Crippen molar-refractivity contribution in [1.29, 1.82) is 0 Å². The molecule has 1 fully saturated rings. The van der Waals surface area contributed by atoms with Gasteiger partial charge in [-0.05, 0) is 43.3 Å². The van der Waals surface area contributed by atoms with E-state index in [9.17, 15) is 18.0 Å². The minimum atomic E-state index is -4.61. The molecule has 33 heavy (non-hydrogen) atoms. The maximum atomic E-state index is 13.2. The zero-order chi connectivity index (χ0) is 23.4. The predicted molar refractivity (Wildman–Crippen MR) is 119 cm³/mol. The van der Waals surface area contributed by atoms with Gasteiger partial charge in [0.05, 0.1) is 24.3 Å². The number of benzene rings is 2. The van der Waals surface area contributed by atoms with Crippen molar-refractivity contribution in [3.05, 3.63) is 71.4 Å². The molecule has 1 aliphatic heterocycles. The second kappa shape index (κ2) is 9.45. The molecule has 2 heterocycles. The van der Waals surface area contributed by atoms with Crippen molar-refractivity contribution in [2.45, 2.75) is 13.1 Å². The van der Waals surface area contributed by atoms with Gasteiger partial charge in [0, 0.05) is 36.2 Å². The topological polar surface area (TPSA) is 79.4 Å². The fourth-order valence-electron chi connectivity index (χ4n) is 3.43. The van der Waals surface area contributed by atoms with Crippen molar-refractivity contribution < 1.29 is 22.7 Å². The van der Waals surface area contributed by atoms with Gasteiger partial charge in [0.15, 0.2) is 0 Å². The molecule has 3 aromatic rings. The number of alkyl halides is 3. The summed E-state index contributed by atoms with van der Waals surface area (Å²) in [6, 6.07) is 13.1. The number of carbonyl (C=O) groups is 1. The summed E-state index contributed by atoms with van der Waals surface area (Å²) in [5, 5.41) is 5.71. The van der Waals surface area contributed by atoms with Crippen molar-refractivity contribution in [2.24, 2.45) is 0 Å². The minimum absolute atomic E-state index is 0.371. The molecule has 0 atom stereocenters. The smallest absolute Gasteiger partial charge is 0.378 e. The zero-order valence-electron chi connectivity index (χ0n) is 17.8. The van der Waals surface area contributed by atoms with E-state index in [1.54, 1.807) is 24.3 Å². The summed E-state index contributed by atoms with van der Waals surface area (Å²) >= 11 is 0. The van der Waals surface area contributed by atoms with Crippen LogP contribution in [0, 0.1) is 6.92 Å². The molecular weight excluding hydrogens is 435 g/mol. The Morgan fingerprint density at radius 3 is 2.36 bits per heavy atom. The molecule has 1 aromatic heterocycles. The van der Waals surface area contributed by atoms with Crippen molar-refractivity contribution in [1.82, 2.24) is 9.97 Å². The zero-order valence-corrected chi connectivity index (χ0v) is 17.8. The number of hydrogen-bond acceptors (Lipinski definition) is 6. The Balaban J connectivity index is 1.45. The Bertz CT molecular complexity index is 1130. The van der Waals surface area contributed by atoms with Crippen LogP contribution < -0.4 is 15.5 Å². The molecule has 0 saturated carbocycles. The quantitative estimate of drug-likeness (QED) is 0.581. The average Bonchev–Trinajstić information content (AvgIpc) is 2.80. The third kappa shape index (κ3) is 5.58. The molecule has 1 aliphatic rings. The Hall–Kier alpha value is -3.66. The number of carbonyl (C=O) groups excluding carboxylic acids is 1. The van der Waals surface area contributed by atoms with Gasteiger partial charge in [-0.3, -0.25) is 4.79 Å². The van der Waals surface area contributed by atoms with E-state index >= 15 is 0 Å². The van der Waals surface area contributed by atoms with E-state index in [1.807, 2.05) is 13.0 Å². The molecule has 0 radical (unpaired) electrons. The number of morpholine rings is 1. The molecule has 0 aliphatic carbocycles. The van der Waals surface area contributed by atoms with Gasteiger partial charge in [-0.1, -0.05) is 12.1 Å². The largest absolute Gasteiger partial charge is 0.417 e. The standard InChI is InChI=1S/C23H22F3N5O2/c1-15-14-20(30-22(27-15)31-10-12-33-13-11-31)28-16-6-8-17(9-7-16)29-21(32)18-4-2-3-5-19(18)23(24,25)26/h2-9,14H,10-13H2,1H3,(H,29,32)(H,27,28,30). The first kappa shape index (κ1) is 22.5. The maximum absolute atomic E-state index is 13.2. The molecule has 0 unspecified atom stereocenters. The number of hydrogen-bond donors (Lipinski definition) is 2. The highest BCUT2D eigenvalue weighted by atomic mass is 19.4. The second-order valence-electron chi connectivity index (χ2n) is 7.49. The van der Waals surface area contributed by atoms with Gasteiger partial charge in [-0.2, -0.15) is 18.2 Å². The summed E-state index contributed by atoms with van der Waals surface area (Å²) in [7, 11) is 0. The molecule has 0 spiro atoms. The van der Waals surface area contributed by atoms with E-state index in [1.165, 1.54) is 12.1 Å². The predicted octanol–water partition coefficient (Wildman–Crippen LogP) is 4.64. The van der Waals surface area contributed by atoms with Crippen LogP contribution in [0.4, 0.5) is 36.3 Å². The molecule has 2 aromatic carbocycles. The van der Waals surface area contributed by atoms with E-state index in [0.29, 0.717) is 36.4 Å². The number of amides is 1. The van der Waals surface area contributed by atoms with Crippen LogP contribution in [-0.2, 0) is 10.9 Å². The van der Waals surface area contributed by atoms with E-state index < -0.39 is 23.2 Å². The number of rotatable bonds is 5. The molecular formula is C23H22F3N5O2. The first-order valence-electron chi connectivity index (χ1n) is 10.3. The molecule has 10 heteroatoms. The Morgan fingerprint density at radius 2 is 1.67 bits per heavy atom. The Kier molecular flexibility index (Phi) is 6.45. The third-order valence-electron chi connectivity index (χ3n) is 5.03. The van der Waals surface area contributed by atoms with Crippen LogP contribution >= 0.6 is 0 Å². The fraction of sp³-hybridized carbons (Fsp3) is 0.261. The molecule has 7 nitrogen and oxygen atoms in total. The Labute approximate surface area is 188 Å². The van der Waals surface area contributed by atoms with E-state index in [4.69, 9.17) is 4.74 Å². The number of aromatic nitrogens is 2. The highest BCUT2D eigenvalue weighted by Crippen LogP contribution is 2.32. The van der Waals surface area contributed by atoms with Crippen LogP contribution in [0.25, 0.3) is 0 Å². The summed E-state index contributed by atoms with van der Waals surface area (Å²) < 4.78 is 44.9. The van der Waals surface area contributed by atoms with Crippen LogP contribution in [-0.4, -0.2) is 42.2 Å². The monoisotopic (exact) mass is 457 g/mol. The van der Waals surface area contributed by atoms with Gasteiger partial charge in [-0.25, -0.2) is 4.98 Å². The lowest BCUT2D eigenvalue weighted by molar-refractivity contribution is -0.137. The minimum Gasteiger partial charge on any atom is -0.378 e. The van der Waals surface area contributed by atoms with E-state index in [2.05, 4.69) is 25.5 Å². The van der Waals surface area contributed by atoms with Gasteiger partial charge in [0.25, 0.3) is 5.91 Å². The van der Waals surface area contributed by atoms with Crippen LogP contribution in [0.2, 0.25) is 0 Å². The summed E-state index contributed by atoms with van der Waals surface area (Å²) in [6.45, 7) is 4.57. The van der Waals surface area contributed by atoms with Gasteiger partial charge < -0.3 is 20.3 Å². The van der Waals surface area contributed by atoms with E-state index in [-0.39, 0.29) is 0 Å². The number of aryl methyl sites for hydroxylation is 1. The number of anilines is 4. The molecule has 4 rings (SSSR count). The van der Waals surface area contributed by atoms with Gasteiger partial charge >= 0.3 is 6.18 Å². The van der Waals surface area contributed by atoms with Crippen LogP contribution in [0.3, 0.4) is 0 Å². The molecule has 2 N–H and O–H groups in total. The first-order chi connectivity index (χ1) is 15.8. The van der Waals surface area contributed by atoms with Gasteiger partial charge in [-0.15, -0.1) is 0 Å². The van der Waals surface area contributed by atoms with Crippen LogP contribution in [0.1, 0.15) is 21.6 Å². The lowest BCUT2D eigenvalue weighted by Crippen LogP contribution is -2.37. The number of nitrogens with zero attached hydrogens (tertiary/aromatic N) is 3. The summed E-state index contributed by atoms with van der Waals surface area (Å²) in [5.41, 5.74) is 0.474. The summed E-state index contributed by atoms with van der Waals surface area (Å²) in [5.74, 6) is 0.401. The second-order valence-corrected chi connectivity index (χ2v) is 7.49. The summed E-state index contributed by atoms with van der Waals surface area (Å²) in [6.07, 6.45) is -4.61. The third-order valence-corrected chi connectivity index (χ3v) is 5.03. The molecule has 1 saturated heterocycles. The Morgan fingerprint density at radius 1 is 1.00 bits per heavy atom. The van der Waals surface area contributed by atoms with E-state index in [0.717, 1.165) is 30.9 Å². The number of ether oxygens (including phenoxy) is 1. The highest BCUT2D eigenvalue weighted by Gasteiger charge is 2.34. The van der Waals surface area contributed by atoms with Crippen molar-refractivity contribution in [3.8, 4) is 0 Å². The van der Waals surface area contributed by atoms with Gasteiger partial charge in [0.2, 0.25) is 5.95 Å². The van der Waals surface area contributed by atoms with Crippen LogP contribution in [0.15, 0.2) is 54.6 Å². The average molecular weight is 457 g/mol. The highest BCUT2D eigenvalue weighted by molar-refractivity contribution is 6.05. The molecule has 172 valence electrons. The lowest BCUT2D eigenvalue weighted by atomic mass is 10.1. The SMILES string of the molecule is Cc1cc(Nc2ccc(NC(=O)c3ccccc3C(F)(F)F)cc2)nc(N2CCOCC2)n1.